The molecule has 8 aliphatic heterocycles. The number of aryl methyl sites for hydroxylation is 2. The van der Waals surface area contributed by atoms with E-state index in [1.54, 1.807) is 0 Å². The third kappa shape index (κ3) is 20.5. The summed E-state index contributed by atoms with van der Waals surface area (Å²) >= 11 is 0. The van der Waals surface area contributed by atoms with Crippen LogP contribution < -0.4 is 4.90 Å². The normalized spacial score (nSPS) is 22.7. The van der Waals surface area contributed by atoms with Crippen molar-refractivity contribution in [3.05, 3.63) is 87.8 Å². The van der Waals surface area contributed by atoms with Gasteiger partial charge in [-0.2, -0.15) is 0 Å². The Bertz CT molecular complexity index is 2820. The first-order valence-corrected chi connectivity index (χ1v) is 38.6. The summed E-state index contributed by atoms with van der Waals surface area (Å²) in [6.07, 6.45) is 9.81. The number of nitrogens with zero attached hydrogens (tertiary/aromatic N) is 14. The number of hydrogen-bond acceptors (Lipinski definition) is 12. The Morgan fingerprint density at radius 1 is 0.453 bits per heavy atom. The minimum Gasteiger partial charge on any atom is -0.375 e. The van der Waals surface area contributed by atoms with E-state index in [2.05, 4.69) is 273 Å². The second-order valence-electron chi connectivity index (χ2n) is 32.9. The van der Waals surface area contributed by atoms with Crippen molar-refractivity contribution in [3.8, 4) is 0 Å². The number of rotatable bonds is 12. The molecule has 4 atom stereocenters. The average molecular weight is 1320 g/mol. The predicted octanol–water partition coefficient (Wildman–Crippen LogP) is 14.6. The van der Waals surface area contributed by atoms with Crippen LogP contribution >= 0.6 is 0 Å². The summed E-state index contributed by atoms with van der Waals surface area (Å²) < 4.78 is 13.1. The van der Waals surface area contributed by atoms with Crippen molar-refractivity contribution in [2.24, 2.45) is 0 Å². The molecular formula is C80H144N14O. The summed E-state index contributed by atoms with van der Waals surface area (Å²) in [6, 6.07) is 16.7. The fourth-order valence-corrected chi connectivity index (χ4v) is 16.2. The first-order valence-electron chi connectivity index (χ1n) is 38.6. The van der Waals surface area contributed by atoms with Crippen molar-refractivity contribution in [3.63, 3.8) is 0 Å². The minimum absolute atomic E-state index is 0.478. The summed E-state index contributed by atoms with van der Waals surface area (Å²) in [5.41, 5.74) is 13.0. The molecule has 4 saturated heterocycles. The first-order chi connectivity index (χ1) is 44.9. The zero-order chi connectivity index (χ0) is 69.9. The highest BCUT2D eigenvalue weighted by Gasteiger charge is 2.41. The number of aromatic nitrogens is 5. The fraction of sp³-hybridized carbons (Fsp3) is 0.800. The highest BCUT2D eigenvalue weighted by molar-refractivity contribution is 5.58. The van der Waals surface area contributed by atoms with Crippen LogP contribution in [0.2, 0.25) is 0 Å². The van der Waals surface area contributed by atoms with Gasteiger partial charge in [0, 0.05) is 195 Å². The topological polar surface area (TPSA) is 79.0 Å². The molecule has 15 heteroatoms. The third-order valence-corrected chi connectivity index (χ3v) is 22.5. The van der Waals surface area contributed by atoms with Crippen LogP contribution in [0.4, 0.5) is 5.69 Å². The molecule has 15 nitrogen and oxygen atoms in total. The molecule has 0 N–H and O–H groups in total. The maximum Gasteiger partial charge on any atom is 0.106 e. The number of ether oxygens (including phenoxy) is 1. The van der Waals surface area contributed by atoms with E-state index < -0.39 is 0 Å². The van der Waals surface area contributed by atoms with Gasteiger partial charge in [0.25, 0.3) is 0 Å². The lowest BCUT2D eigenvalue weighted by Gasteiger charge is -2.53. The molecule has 11 heterocycles. The minimum atomic E-state index is 0.478. The number of hydrogen-bond donors (Lipinski definition) is 0. The molecule has 4 aromatic rings. The Hall–Kier alpha value is -3.64. The summed E-state index contributed by atoms with van der Waals surface area (Å²) in [6.45, 7) is 77.6. The number of imidazole rings is 2. The number of benzene rings is 1. The second kappa shape index (κ2) is 36.1. The maximum atomic E-state index is 5.92. The van der Waals surface area contributed by atoms with Crippen LogP contribution in [-0.4, -0.2) is 221 Å². The number of morpholine rings is 1. The molecule has 0 bridgehead atoms. The lowest BCUT2D eigenvalue weighted by molar-refractivity contribution is -0.115. The zero-order valence-electron chi connectivity index (χ0n) is 65.9. The number of piperidine rings is 2. The van der Waals surface area contributed by atoms with Gasteiger partial charge in [0.2, 0.25) is 0 Å². The molecule has 3 aromatic heterocycles. The number of likely N-dealkylation sites (tertiary alicyclic amines) is 2. The van der Waals surface area contributed by atoms with Gasteiger partial charge in [0.05, 0.1) is 41.8 Å². The van der Waals surface area contributed by atoms with Crippen LogP contribution in [0.1, 0.15) is 260 Å². The maximum absolute atomic E-state index is 5.92. The van der Waals surface area contributed by atoms with Crippen LogP contribution in [0.15, 0.2) is 36.8 Å². The Balaban J connectivity index is 0.000000161. The standard InChI is InChI=1S/C15H23N.C14H29N3.C13H23N3.C13H26N2O.C13H22N2.C12H21N3/c1-11(2)14-8-7-13-6-5-9-16(12(3)4)15(13)10-14;1-11(2)16-7-6-13-14(10-16)17(12(3)4)9-8-15(13)5;1-9(2)13-12-8-15(10(3)4)6-7-16(12)11(5)14-13;1-10(2)14-6-5-13-12(9-14)15(11(3)4)7-8-16-13;1-10(2)12-5-6-14-7-8-15(11(3)4)9-13(12)14;1-9(2)12-11-7-14(10(3)4)5-6-15(11)8-13-12/h7-8,10-12H,5-6,9H2,1-4H3;11-14H,6-10H2,1-5H3;9-10H,6-8H2,1-5H3;10-13H,5-9H2,1-4H3;5-6,10-11H,7-9H2,1-4H3;8-10H,5-7H2,1-4H3. The van der Waals surface area contributed by atoms with E-state index >= 15 is 0 Å². The van der Waals surface area contributed by atoms with Crippen LogP contribution in [-0.2, 0) is 50.4 Å². The largest absolute Gasteiger partial charge is 0.375 e. The van der Waals surface area contributed by atoms with Crippen molar-refractivity contribution in [1.82, 2.24) is 62.9 Å². The Morgan fingerprint density at radius 2 is 1.00 bits per heavy atom. The van der Waals surface area contributed by atoms with Gasteiger partial charge in [-0.05, 0) is 203 Å². The van der Waals surface area contributed by atoms with Crippen molar-refractivity contribution in [2.45, 2.75) is 334 Å². The van der Waals surface area contributed by atoms with Crippen molar-refractivity contribution >= 4 is 5.69 Å². The Labute approximate surface area is 583 Å². The van der Waals surface area contributed by atoms with Gasteiger partial charge in [-0.1, -0.05) is 67.5 Å². The predicted molar refractivity (Wildman–Crippen MR) is 404 cm³/mol. The van der Waals surface area contributed by atoms with E-state index in [-0.39, 0.29) is 0 Å². The van der Waals surface area contributed by atoms with E-state index in [1.165, 1.54) is 135 Å². The number of fused-ring (bicyclic) bond motifs is 6. The van der Waals surface area contributed by atoms with Crippen LogP contribution in [0.25, 0.3) is 0 Å². The molecule has 12 rings (SSSR count). The summed E-state index contributed by atoms with van der Waals surface area (Å²) in [5.74, 6) is 3.52. The Morgan fingerprint density at radius 3 is 1.56 bits per heavy atom. The van der Waals surface area contributed by atoms with Crippen LogP contribution in [0.5, 0.6) is 0 Å². The highest BCUT2D eigenvalue weighted by Crippen LogP contribution is 2.34. The number of likely N-dealkylation sites (N-methyl/N-ethyl adjacent to an activating group) is 1. The fourth-order valence-electron chi connectivity index (χ4n) is 16.2. The van der Waals surface area contributed by atoms with Gasteiger partial charge in [-0.15, -0.1) is 0 Å². The molecule has 0 aliphatic carbocycles. The van der Waals surface area contributed by atoms with E-state index in [1.807, 2.05) is 6.33 Å². The molecular weight excluding hydrogens is 1170 g/mol. The van der Waals surface area contributed by atoms with Crippen molar-refractivity contribution in [2.75, 3.05) is 90.5 Å². The van der Waals surface area contributed by atoms with Crippen LogP contribution in [0, 0.1) is 6.92 Å². The smallest absolute Gasteiger partial charge is 0.106 e. The lowest BCUT2D eigenvalue weighted by Crippen LogP contribution is -2.66. The van der Waals surface area contributed by atoms with E-state index in [4.69, 9.17) is 9.72 Å². The SMILES string of the molecule is CC(C)N1CCC2C(C1)N(C(C)C)CCN2C.CC(C)N1CCC2OCCN(C(C)C)C2C1.CC(C)c1ccc2c(c1)N(C(C)C)CCC2.CC(C)c1ccn2c1CN(C(C)C)CC2.CC(C)c1ncn2c1CN(C(C)C)CC2.Cc1nc(C(C)C)c2n1CCN(C(C)C)C2. The van der Waals surface area contributed by atoms with Gasteiger partial charge < -0.3 is 28.2 Å². The lowest BCUT2D eigenvalue weighted by atomic mass is 9.92. The molecule has 95 heavy (non-hydrogen) atoms. The summed E-state index contributed by atoms with van der Waals surface area (Å²) in [5, 5.41) is 0. The van der Waals surface area contributed by atoms with Gasteiger partial charge >= 0.3 is 0 Å². The first kappa shape index (κ1) is 78.7. The van der Waals surface area contributed by atoms with Gasteiger partial charge in [-0.25, -0.2) is 9.97 Å². The number of piperazine rings is 1. The monoisotopic (exact) mass is 1320 g/mol. The molecule has 0 saturated carbocycles. The summed E-state index contributed by atoms with van der Waals surface area (Å²) in [4.78, 5) is 32.6. The molecule has 0 amide bonds. The molecule has 1 aromatic carbocycles. The molecule has 0 spiro atoms. The number of anilines is 1. The van der Waals surface area contributed by atoms with E-state index in [0.717, 1.165) is 77.6 Å². The zero-order valence-corrected chi connectivity index (χ0v) is 65.9. The molecule has 4 fully saturated rings. The van der Waals surface area contributed by atoms with Gasteiger partial charge in [0.15, 0.2) is 0 Å². The van der Waals surface area contributed by atoms with Crippen molar-refractivity contribution < 1.29 is 4.74 Å². The Kier molecular flexibility index (Phi) is 29.9. The average Bonchev–Trinajstić information content (AvgIpc) is 1.43. The third-order valence-electron chi connectivity index (χ3n) is 22.5. The quantitative estimate of drug-likeness (QED) is 0.136. The van der Waals surface area contributed by atoms with Gasteiger partial charge in [0.1, 0.15) is 5.82 Å². The van der Waals surface area contributed by atoms with Crippen molar-refractivity contribution in [1.29, 1.82) is 0 Å². The molecule has 540 valence electrons. The van der Waals surface area contributed by atoms with Gasteiger partial charge in [-0.3, -0.25) is 34.3 Å². The van der Waals surface area contributed by atoms with Crippen LogP contribution in [0.3, 0.4) is 0 Å². The van der Waals surface area contributed by atoms with E-state index in [0.29, 0.717) is 84.2 Å². The summed E-state index contributed by atoms with van der Waals surface area (Å²) in [7, 11) is 2.31. The molecule has 4 unspecified atom stereocenters. The molecule has 8 aliphatic rings. The van der Waals surface area contributed by atoms with E-state index in [9.17, 15) is 0 Å². The second-order valence-corrected chi connectivity index (χ2v) is 32.9. The molecule has 0 radical (unpaired) electrons. The highest BCUT2D eigenvalue weighted by atomic mass is 16.5.